The zero-order valence-corrected chi connectivity index (χ0v) is 12.1. The van der Waals surface area contributed by atoms with Crippen LogP contribution in [0.25, 0.3) is 0 Å². The third kappa shape index (κ3) is 3.53. The van der Waals surface area contributed by atoms with Crippen molar-refractivity contribution in [3.05, 3.63) is 58.7 Å². The van der Waals surface area contributed by atoms with Crippen molar-refractivity contribution in [2.24, 2.45) is 0 Å². The molecule has 0 aliphatic carbocycles. The summed E-state index contributed by atoms with van der Waals surface area (Å²) in [6.45, 7) is 2.31. The molecule has 0 fully saturated rings. The summed E-state index contributed by atoms with van der Waals surface area (Å²) in [6.07, 6.45) is 0. The van der Waals surface area contributed by atoms with Crippen LogP contribution in [0.4, 0.5) is 0 Å². The van der Waals surface area contributed by atoms with Crippen molar-refractivity contribution >= 4 is 0 Å². The molecule has 2 aromatic carbocycles. The van der Waals surface area contributed by atoms with Crippen LogP contribution in [-0.4, -0.2) is 12.2 Å². The van der Waals surface area contributed by atoms with E-state index in [1.165, 1.54) is 0 Å². The van der Waals surface area contributed by atoms with Crippen molar-refractivity contribution in [2.75, 3.05) is 7.11 Å². The summed E-state index contributed by atoms with van der Waals surface area (Å²) in [7, 11) is 1.57. The molecule has 0 amide bonds. The fraction of sp³-hybridized carbons (Fsp3) is 0.235. The van der Waals surface area contributed by atoms with E-state index in [0.717, 1.165) is 16.7 Å². The number of benzene rings is 2. The van der Waals surface area contributed by atoms with Gasteiger partial charge >= 0.3 is 0 Å². The van der Waals surface area contributed by atoms with E-state index in [4.69, 9.17) is 19.8 Å². The van der Waals surface area contributed by atoms with Crippen LogP contribution in [0.3, 0.4) is 0 Å². The number of aliphatic hydroxyl groups is 1. The van der Waals surface area contributed by atoms with Crippen molar-refractivity contribution in [1.29, 1.82) is 5.26 Å². The summed E-state index contributed by atoms with van der Waals surface area (Å²) >= 11 is 0. The standard InChI is InChI=1S/C17H17NO3/c1-12-7-13(9-18)3-5-15(12)11-21-16-6-4-14(10-19)8-17(16)20-2/h3-8,19H,10-11H2,1-2H3. The number of ether oxygens (including phenoxy) is 2. The molecule has 2 rings (SSSR count). The highest BCUT2D eigenvalue weighted by atomic mass is 16.5. The molecule has 2 aromatic rings. The molecule has 0 aliphatic heterocycles. The Morgan fingerprint density at radius 3 is 2.57 bits per heavy atom. The predicted octanol–water partition coefficient (Wildman–Crippen LogP) is 2.95. The molecule has 0 atom stereocenters. The number of hydrogen-bond donors (Lipinski definition) is 1. The Balaban J connectivity index is 2.15. The smallest absolute Gasteiger partial charge is 0.161 e. The minimum atomic E-state index is -0.0363. The molecule has 21 heavy (non-hydrogen) atoms. The third-order valence-electron chi connectivity index (χ3n) is 3.27. The molecule has 0 heterocycles. The van der Waals surface area contributed by atoms with E-state index in [1.54, 1.807) is 31.4 Å². The quantitative estimate of drug-likeness (QED) is 0.916. The number of hydrogen-bond acceptors (Lipinski definition) is 4. The van der Waals surface area contributed by atoms with Gasteiger partial charge in [-0.05, 0) is 47.9 Å². The van der Waals surface area contributed by atoms with Gasteiger partial charge in [-0.3, -0.25) is 0 Å². The number of aryl methyl sites for hydroxylation is 1. The second kappa shape index (κ2) is 6.78. The molecule has 0 saturated carbocycles. The van der Waals surface area contributed by atoms with Crippen molar-refractivity contribution in [2.45, 2.75) is 20.1 Å². The van der Waals surface area contributed by atoms with Crippen LogP contribution in [0.1, 0.15) is 22.3 Å². The molecule has 0 aliphatic rings. The van der Waals surface area contributed by atoms with Crippen LogP contribution in [-0.2, 0) is 13.2 Å². The average molecular weight is 283 g/mol. The monoisotopic (exact) mass is 283 g/mol. The Bertz CT molecular complexity index is 674. The van der Waals surface area contributed by atoms with Crippen molar-refractivity contribution in [3.8, 4) is 17.6 Å². The maximum atomic E-state index is 9.12. The first-order chi connectivity index (χ1) is 10.2. The maximum Gasteiger partial charge on any atom is 0.161 e. The van der Waals surface area contributed by atoms with Gasteiger partial charge in [0.25, 0.3) is 0 Å². The Morgan fingerprint density at radius 2 is 1.95 bits per heavy atom. The lowest BCUT2D eigenvalue weighted by Crippen LogP contribution is -2.00. The summed E-state index contributed by atoms with van der Waals surface area (Å²) in [4.78, 5) is 0. The van der Waals surface area contributed by atoms with E-state index in [2.05, 4.69) is 6.07 Å². The van der Waals surface area contributed by atoms with Gasteiger partial charge < -0.3 is 14.6 Å². The Kier molecular flexibility index (Phi) is 4.81. The predicted molar refractivity (Wildman–Crippen MR) is 79.1 cm³/mol. The van der Waals surface area contributed by atoms with E-state index >= 15 is 0 Å². The number of nitriles is 1. The lowest BCUT2D eigenvalue weighted by molar-refractivity contribution is 0.274. The summed E-state index contributed by atoms with van der Waals surface area (Å²) < 4.78 is 11.0. The van der Waals surface area contributed by atoms with Crippen molar-refractivity contribution in [1.82, 2.24) is 0 Å². The topological polar surface area (TPSA) is 62.5 Å². The van der Waals surface area contributed by atoms with Gasteiger partial charge in [-0.15, -0.1) is 0 Å². The van der Waals surface area contributed by atoms with Gasteiger partial charge in [0.1, 0.15) is 6.61 Å². The SMILES string of the molecule is COc1cc(CO)ccc1OCc1ccc(C#N)cc1C. The third-order valence-corrected chi connectivity index (χ3v) is 3.27. The van der Waals surface area contributed by atoms with E-state index in [1.807, 2.05) is 19.1 Å². The second-order valence-corrected chi connectivity index (χ2v) is 4.69. The van der Waals surface area contributed by atoms with Crippen LogP contribution in [0.15, 0.2) is 36.4 Å². The highest BCUT2D eigenvalue weighted by Crippen LogP contribution is 2.29. The molecule has 0 spiro atoms. The Labute approximate surface area is 124 Å². The van der Waals surface area contributed by atoms with Gasteiger partial charge in [-0.2, -0.15) is 5.26 Å². The summed E-state index contributed by atoms with van der Waals surface area (Å²) in [5.74, 6) is 1.21. The van der Waals surface area contributed by atoms with Crippen LogP contribution >= 0.6 is 0 Å². The molecule has 4 heteroatoms. The molecular formula is C17H17NO3. The zero-order chi connectivity index (χ0) is 15.2. The van der Waals surface area contributed by atoms with E-state index in [9.17, 15) is 0 Å². The molecule has 0 aromatic heterocycles. The molecule has 0 radical (unpaired) electrons. The molecule has 1 N–H and O–H groups in total. The van der Waals surface area contributed by atoms with Gasteiger partial charge in [0.15, 0.2) is 11.5 Å². The Morgan fingerprint density at radius 1 is 1.14 bits per heavy atom. The van der Waals surface area contributed by atoms with Gasteiger partial charge in [-0.1, -0.05) is 12.1 Å². The second-order valence-electron chi connectivity index (χ2n) is 4.69. The lowest BCUT2D eigenvalue weighted by Gasteiger charge is -2.13. The van der Waals surface area contributed by atoms with Gasteiger partial charge in [0, 0.05) is 0 Å². The summed E-state index contributed by atoms with van der Waals surface area (Å²) in [6, 6.07) is 12.9. The number of aliphatic hydroxyl groups excluding tert-OH is 1. The molecule has 108 valence electrons. The van der Waals surface area contributed by atoms with Crippen molar-refractivity contribution < 1.29 is 14.6 Å². The summed E-state index contributed by atoms with van der Waals surface area (Å²) in [5.41, 5.74) is 3.44. The molecule has 0 saturated heterocycles. The van der Waals surface area contributed by atoms with Crippen LogP contribution in [0.2, 0.25) is 0 Å². The first-order valence-corrected chi connectivity index (χ1v) is 6.58. The van der Waals surface area contributed by atoms with E-state index in [0.29, 0.717) is 23.7 Å². The minimum Gasteiger partial charge on any atom is -0.493 e. The van der Waals surface area contributed by atoms with Gasteiger partial charge in [0.2, 0.25) is 0 Å². The normalized spacial score (nSPS) is 10.0. The lowest BCUT2D eigenvalue weighted by atomic mass is 10.1. The Hall–Kier alpha value is -2.51. The molecule has 0 unspecified atom stereocenters. The molecule has 4 nitrogen and oxygen atoms in total. The van der Waals surface area contributed by atoms with Crippen molar-refractivity contribution in [3.63, 3.8) is 0 Å². The number of nitrogens with zero attached hydrogens (tertiary/aromatic N) is 1. The molecular weight excluding hydrogens is 266 g/mol. The number of rotatable bonds is 5. The first kappa shape index (κ1) is 14.9. The van der Waals surface area contributed by atoms with Crippen LogP contribution < -0.4 is 9.47 Å². The largest absolute Gasteiger partial charge is 0.493 e. The van der Waals surface area contributed by atoms with E-state index < -0.39 is 0 Å². The fourth-order valence-corrected chi connectivity index (χ4v) is 2.01. The summed E-state index contributed by atoms with van der Waals surface area (Å²) in [5, 5.41) is 18.0. The van der Waals surface area contributed by atoms with Crippen LogP contribution in [0.5, 0.6) is 11.5 Å². The van der Waals surface area contributed by atoms with Gasteiger partial charge in [-0.25, -0.2) is 0 Å². The average Bonchev–Trinajstić information content (AvgIpc) is 2.53. The van der Waals surface area contributed by atoms with E-state index in [-0.39, 0.29) is 6.61 Å². The first-order valence-electron chi connectivity index (χ1n) is 6.58. The highest BCUT2D eigenvalue weighted by Gasteiger charge is 2.07. The van der Waals surface area contributed by atoms with Gasteiger partial charge in [0.05, 0.1) is 25.3 Å². The van der Waals surface area contributed by atoms with Crippen LogP contribution in [0, 0.1) is 18.3 Å². The molecule has 0 bridgehead atoms. The zero-order valence-electron chi connectivity index (χ0n) is 12.1. The number of methoxy groups -OCH3 is 1. The fourth-order valence-electron chi connectivity index (χ4n) is 2.01. The minimum absolute atomic E-state index is 0.0363. The highest BCUT2D eigenvalue weighted by molar-refractivity contribution is 5.43. The maximum absolute atomic E-state index is 9.12.